The van der Waals surface area contributed by atoms with Crippen molar-refractivity contribution in [3.8, 4) is 62.1 Å². The van der Waals surface area contributed by atoms with E-state index in [1.54, 1.807) is 0 Å². The van der Waals surface area contributed by atoms with Crippen LogP contribution in [0.1, 0.15) is 18.1 Å². The third-order valence-corrected chi connectivity index (χ3v) is 11.7. The lowest BCUT2D eigenvalue weighted by Gasteiger charge is -2.22. The smallest absolute Gasteiger partial charge is 0.418 e. The van der Waals surface area contributed by atoms with Crippen molar-refractivity contribution in [3.63, 3.8) is 0 Å². The Bertz CT molecular complexity index is 2720. The fraction of sp³-hybridized carbons (Fsp3) is 0.0370. The molecular weight excluding hydrogens is 807 g/mol. The summed E-state index contributed by atoms with van der Waals surface area (Å²) in [4.78, 5) is 0. The molecule has 8 aromatic carbocycles. The van der Waals surface area contributed by atoms with E-state index in [0.717, 1.165) is 50.1 Å². The van der Waals surface area contributed by atoms with Gasteiger partial charge in [0.2, 0.25) is 0 Å². The molecule has 0 saturated carbocycles. The lowest BCUT2D eigenvalue weighted by molar-refractivity contribution is 0.254. The second kappa shape index (κ2) is 21.0. The molecule has 0 radical (unpaired) electrons. The first kappa shape index (κ1) is 41.8. The van der Waals surface area contributed by atoms with Crippen LogP contribution < -0.4 is 22.6 Å². The number of para-hydroxylation sites is 3. The number of hydrogen-bond acceptors (Lipinski definition) is 6. The molecule has 0 N–H and O–H groups in total. The molecule has 0 aliphatic heterocycles. The van der Waals surface area contributed by atoms with Crippen molar-refractivity contribution in [2.75, 3.05) is 0 Å². The zero-order valence-electron chi connectivity index (χ0n) is 34.1. The summed E-state index contributed by atoms with van der Waals surface area (Å²) in [6.07, 6.45) is 3.92. The maximum atomic E-state index is 6.73. The van der Waals surface area contributed by atoms with Crippen molar-refractivity contribution in [2.24, 2.45) is 0 Å². The van der Waals surface area contributed by atoms with E-state index in [1.807, 2.05) is 201 Å². The van der Waals surface area contributed by atoms with Gasteiger partial charge in [-0.05, 0) is 82.8 Å². The van der Waals surface area contributed by atoms with E-state index in [1.165, 1.54) is 0 Å². The van der Waals surface area contributed by atoms with Crippen LogP contribution in [0, 0.1) is 0 Å². The van der Waals surface area contributed by atoms with Crippen LogP contribution in [0.3, 0.4) is 0 Å². The van der Waals surface area contributed by atoms with E-state index in [-0.39, 0.29) is 6.61 Å². The normalized spacial score (nSPS) is 12.0. The van der Waals surface area contributed by atoms with Gasteiger partial charge in [0.05, 0.1) is 6.61 Å². The van der Waals surface area contributed by atoms with Crippen LogP contribution in [0.2, 0.25) is 0 Å². The van der Waals surface area contributed by atoms with E-state index in [0.29, 0.717) is 28.7 Å². The second-order valence-electron chi connectivity index (χ2n) is 14.0. The molecule has 62 heavy (non-hydrogen) atoms. The van der Waals surface area contributed by atoms with Gasteiger partial charge in [0.1, 0.15) is 28.7 Å². The highest BCUT2D eigenvalue weighted by atomic mass is 31.2. The fourth-order valence-corrected chi connectivity index (χ4v) is 8.64. The van der Waals surface area contributed by atoms with Crippen molar-refractivity contribution in [3.05, 3.63) is 242 Å². The summed E-state index contributed by atoms with van der Waals surface area (Å²) in [6.45, 7) is 6.28. The minimum Gasteiger partial charge on any atom is -0.418 e. The Morgan fingerprint density at radius 2 is 0.903 bits per heavy atom. The minimum atomic E-state index is -2.07. The Labute approximate surface area is 366 Å². The summed E-state index contributed by atoms with van der Waals surface area (Å²) >= 11 is 0. The Morgan fingerprint density at radius 1 is 0.435 bits per heavy atom. The molecule has 8 heteroatoms. The Hall–Kier alpha value is -6.94. The summed E-state index contributed by atoms with van der Waals surface area (Å²) in [5.74, 6) is 2.96. The molecule has 8 aromatic rings. The number of benzene rings is 8. The van der Waals surface area contributed by atoms with Crippen molar-refractivity contribution in [2.45, 2.75) is 13.5 Å². The Morgan fingerprint density at radius 3 is 1.53 bits per heavy atom. The van der Waals surface area contributed by atoms with E-state index >= 15 is 0 Å². The molecule has 6 nitrogen and oxygen atoms in total. The van der Waals surface area contributed by atoms with E-state index in [2.05, 4.69) is 36.9 Å². The van der Waals surface area contributed by atoms with Crippen molar-refractivity contribution in [1.29, 1.82) is 0 Å². The second-order valence-corrected chi connectivity index (χ2v) is 16.0. The highest BCUT2D eigenvalue weighted by Crippen LogP contribution is 2.49. The first-order valence-electron chi connectivity index (χ1n) is 20.2. The molecule has 8 rings (SSSR count). The third-order valence-electron chi connectivity index (χ3n) is 9.63. The Kier molecular flexibility index (Phi) is 14.2. The lowest BCUT2D eigenvalue weighted by atomic mass is 10.1. The van der Waals surface area contributed by atoms with Gasteiger partial charge in [0.25, 0.3) is 0 Å². The molecule has 0 fully saturated rings. The lowest BCUT2D eigenvalue weighted by Crippen LogP contribution is -2.06. The highest BCUT2D eigenvalue weighted by Gasteiger charge is 2.26. The van der Waals surface area contributed by atoms with Crippen LogP contribution >= 0.6 is 17.2 Å². The number of allylic oxidation sites excluding steroid dienone is 3. The van der Waals surface area contributed by atoms with Crippen molar-refractivity contribution < 1.29 is 27.1 Å². The Balaban J connectivity index is 1.09. The first-order valence-corrected chi connectivity index (χ1v) is 22.4. The highest BCUT2D eigenvalue weighted by molar-refractivity contribution is 7.43. The van der Waals surface area contributed by atoms with Crippen LogP contribution in [0.5, 0.6) is 28.7 Å². The van der Waals surface area contributed by atoms with E-state index in [9.17, 15) is 0 Å². The fourth-order valence-electron chi connectivity index (χ4n) is 6.59. The molecule has 0 aliphatic rings. The molecule has 2 atom stereocenters. The first-order chi connectivity index (χ1) is 30.6. The topological polar surface area (TPSA) is 55.4 Å². The SMILES string of the molecule is C=C(/C=C\C)c1cccc(OP(Oc2ccccc2COP(Oc2cccc(-c3ccccc3)c2)Oc2ccccc2-c2ccccc2)Oc2ccccc2-c2ccccc2)c1. The zero-order valence-corrected chi connectivity index (χ0v) is 35.9. The minimum absolute atomic E-state index is 0.0934. The monoisotopic (exact) mass is 850 g/mol. The molecule has 0 bridgehead atoms. The predicted octanol–water partition coefficient (Wildman–Crippen LogP) is 15.9. The summed E-state index contributed by atoms with van der Waals surface area (Å²) in [5, 5.41) is 0. The third kappa shape index (κ3) is 11.1. The van der Waals surface area contributed by atoms with Crippen LogP contribution in [0.25, 0.3) is 39.0 Å². The molecule has 0 aromatic heterocycles. The summed E-state index contributed by atoms with van der Waals surface area (Å²) in [5.41, 5.74) is 8.47. The van der Waals surface area contributed by atoms with Crippen LogP contribution in [0.4, 0.5) is 0 Å². The van der Waals surface area contributed by atoms with Crippen LogP contribution in [0.15, 0.2) is 231 Å². The van der Waals surface area contributed by atoms with Crippen molar-refractivity contribution in [1.82, 2.24) is 0 Å². The van der Waals surface area contributed by atoms with Crippen molar-refractivity contribution >= 4 is 22.8 Å². The van der Waals surface area contributed by atoms with Gasteiger partial charge in [-0.2, -0.15) is 0 Å². The molecule has 0 aliphatic carbocycles. The maximum absolute atomic E-state index is 6.73. The van der Waals surface area contributed by atoms with Gasteiger partial charge in [-0.3, -0.25) is 4.52 Å². The van der Waals surface area contributed by atoms with Gasteiger partial charge in [0, 0.05) is 16.7 Å². The molecule has 0 amide bonds. The van der Waals surface area contributed by atoms with Gasteiger partial charge in [-0.25, -0.2) is 0 Å². The van der Waals surface area contributed by atoms with E-state index < -0.39 is 17.2 Å². The summed E-state index contributed by atoms with van der Waals surface area (Å²) < 4.78 is 39.9. The van der Waals surface area contributed by atoms with Gasteiger partial charge in [-0.1, -0.05) is 189 Å². The van der Waals surface area contributed by atoms with Crippen LogP contribution in [-0.2, 0) is 11.1 Å². The molecule has 306 valence electrons. The molecule has 2 unspecified atom stereocenters. The average molecular weight is 851 g/mol. The predicted molar refractivity (Wildman–Crippen MR) is 254 cm³/mol. The van der Waals surface area contributed by atoms with Gasteiger partial charge >= 0.3 is 17.2 Å². The molecule has 0 saturated heterocycles. The number of hydrogen-bond donors (Lipinski definition) is 0. The quantitative estimate of drug-likeness (QED) is 0.0633. The van der Waals surface area contributed by atoms with E-state index in [4.69, 9.17) is 27.1 Å². The van der Waals surface area contributed by atoms with Gasteiger partial charge in [-0.15, -0.1) is 0 Å². The standard InChI is InChI=1S/C54H44O6P2/c1-3-21-41(2)45-29-19-31-48(38-45)57-62(60-54-37-18-15-34-51(54)44-26-11-6-12-27-44)58-52-35-16-13-28-47(52)40-55-61(56-49-32-20-30-46(39-49)42-22-7-4-8-23-42)59-53-36-17-14-33-50(53)43-24-9-5-10-25-43/h3-39H,2,40H2,1H3/b21-3-. The van der Waals surface area contributed by atoms with Crippen LogP contribution in [-0.4, -0.2) is 0 Å². The average Bonchev–Trinajstić information content (AvgIpc) is 3.32. The van der Waals surface area contributed by atoms with Gasteiger partial charge in [0.15, 0.2) is 0 Å². The summed E-state index contributed by atoms with van der Waals surface area (Å²) in [7, 11) is -4.08. The van der Waals surface area contributed by atoms with Gasteiger partial charge < -0.3 is 22.6 Å². The summed E-state index contributed by atoms with van der Waals surface area (Å²) in [6, 6.07) is 69.5. The zero-order chi connectivity index (χ0) is 42.4. The molecular formula is C54H44O6P2. The number of rotatable bonds is 18. The largest absolute Gasteiger partial charge is 0.530 e. The maximum Gasteiger partial charge on any atom is 0.530 e. The molecule has 0 spiro atoms. The molecule has 0 heterocycles.